The van der Waals surface area contributed by atoms with Crippen molar-refractivity contribution in [2.45, 2.75) is 51.5 Å². The molecule has 0 heterocycles. The van der Waals surface area contributed by atoms with Crippen molar-refractivity contribution in [2.75, 3.05) is 7.05 Å². The number of sulfone groups is 1. The minimum absolute atomic E-state index is 0.0725. The quantitative estimate of drug-likeness (QED) is 0.671. The van der Waals surface area contributed by atoms with E-state index in [0.717, 1.165) is 16.6 Å². The Hall–Kier alpha value is -1.07. The van der Waals surface area contributed by atoms with Crippen molar-refractivity contribution < 1.29 is 8.42 Å². The highest BCUT2D eigenvalue weighted by Crippen LogP contribution is 2.40. The molecule has 24 heavy (non-hydrogen) atoms. The zero-order valence-corrected chi connectivity index (χ0v) is 17.4. The second kappa shape index (κ2) is 7.04. The average molecular weight is 412 g/mol. The van der Waals surface area contributed by atoms with Crippen LogP contribution in [0.1, 0.15) is 40.5 Å². The Morgan fingerprint density at radius 1 is 1.25 bits per heavy atom. The van der Waals surface area contributed by atoms with Crippen LogP contribution in [0.15, 0.2) is 56.4 Å². The fraction of sp³-hybridized carbons (Fsp3) is 0.474. The Labute approximate surface area is 154 Å². The van der Waals surface area contributed by atoms with Gasteiger partial charge in [-0.1, -0.05) is 42.8 Å². The first kappa shape index (κ1) is 19.3. The highest BCUT2D eigenvalue weighted by atomic mass is 79.9. The first-order valence-electron chi connectivity index (χ1n) is 8.25. The van der Waals surface area contributed by atoms with Crippen molar-refractivity contribution in [3.05, 3.63) is 51.5 Å². The van der Waals surface area contributed by atoms with Gasteiger partial charge in [-0.15, -0.1) is 0 Å². The van der Waals surface area contributed by atoms with Crippen LogP contribution in [-0.4, -0.2) is 26.4 Å². The summed E-state index contributed by atoms with van der Waals surface area (Å²) in [6.07, 6.45) is 5.44. The molecule has 132 valence electrons. The Kier molecular flexibility index (Phi) is 5.65. The smallest absolute Gasteiger partial charge is 0.206 e. The molecule has 0 fully saturated rings. The molecular formula is C19H26BrNO2S. The predicted octanol–water partition coefficient (Wildman–Crippen LogP) is 5.15. The fourth-order valence-electron chi connectivity index (χ4n) is 2.88. The third-order valence-electron chi connectivity index (χ3n) is 4.85. The van der Waals surface area contributed by atoms with Gasteiger partial charge in [-0.05, 0) is 50.1 Å². The molecule has 0 bridgehead atoms. The van der Waals surface area contributed by atoms with Crippen LogP contribution in [0.4, 0.5) is 0 Å². The molecule has 1 atom stereocenters. The number of halogens is 1. The minimum Gasteiger partial charge on any atom is -0.375 e. The lowest BCUT2D eigenvalue weighted by molar-refractivity contribution is 0.236. The van der Waals surface area contributed by atoms with Crippen molar-refractivity contribution in [1.29, 1.82) is 0 Å². The summed E-state index contributed by atoms with van der Waals surface area (Å²) in [7, 11) is -1.44. The molecule has 0 aliphatic heterocycles. The number of hydrogen-bond acceptors (Lipinski definition) is 3. The van der Waals surface area contributed by atoms with Crippen molar-refractivity contribution in [3.63, 3.8) is 0 Å². The molecule has 0 aromatic heterocycles. The molecule has 3 nitrogen and oxygen atoms in total. The van der Waals surface area contributed by atoms with Crippen molar-refractivity contribution >= 4 is 25.8 Å². The molecule has 1 aliphatic carbocycles. The number of benzene rings is 1. The van der Waals surface area contributed by atoms with Gasteiger partial charge in [0.2, 0.25) is 9.84 Å². The van der Waals surface area contributed by atoms with E-state index in [9.17, 15) is 8.42 Å². The van der Waals surface area contributed by atoms with Gasteiger partial charge in [-0.2, -0.15) is 0 Å². The van der Waals surface area contributed by atoms with Crippen LogP contribution in [0.3, 0.4) is 0 Å². The van der Waals surface area contributed by atoms with Gasteiger partial charge >= 0.3 is 0 Å². The van der Waals surface area contributed by atoms with Gasteiger partial charge in [-0.3, -0.25) is 0 Å². The summed E-state index contributed by atoms with van der Waals surface area (Å²) < 4.78 is 26.8. The zero-order chi connectivity index (χ0) is 18.1. The topological polar surface area (TPSA) is 37.4 Å². The van der Waals surface area contributed by atoms with Crippen molar-refractivity contribution in [2.24, 2.45) is 5.41 Å². The Morgan fingerprint density at radius 2 is 1.83 bits per heavy atom. The van der Waals surface area contributed by atoms with E-state index in [1.165, 1.54) is 0 Å². The molecule has 0 saturated heterocycles. The van der Waals surface area contributed by atoms with E-state index in [1.54, 1.807) is 24.3 Å². The summed E-state index contributed by atoms with van der Waals surface area (Å²) in [5.41, 5.74) is 1.01. The van der Waals surface area contributed by atoms with Gasteiger partial charge in [0.1, 0.15) is 0 Å². The summed E-state index contributed by atoms with van der Waals surface area (Å²) in [6, 6.07) is 7.18. The van der Waals surface area contributed by atoms with E-state index >= 15 is 0 Å². The molecule has 1 aliphatic rings. The van der Waals surface area contributed by atoms with E-state index < -0.39 is 9.84 Å². The number of hydrogen-bond donors (Lipinski definition) is 0. The average Bonchev–Trinajstić information content (AvgIpc) is 2.53. The summed E-state index contributed by atoms with van der Waals surface area (Å²) >= 11 is 3.35. The zero-order valence-electron chi connectivity index (χ0n) is 15.0. The van der Waals surface area contributed by atoms with E-state index in [1.807, 2.05) is 12.2 Å². The monoisotopic (exact) mass is 411 g/mol. The van der Waals surface area contributed by atoms with Gasteiger partial charge in [0.05, 0.1) is 9.80 Å². The lowest BCUT2D eigenvalue weighted by Crippen LogP contribution is -2.36. The van der Waals surface area contributed by atoms with Gasteiger partial charge in [0.25, 0.3) is 0 Å². The fourth-order valence-corrected chi connectivity index (χ4v) is 4.48. The lowest BCUT2D eigenvalue weighted by Gasteiger charge is -2.40. The number of allylic oxidation sites excluding steroid dienone is 3. The second-order valence-electron chi connectivity index (χ2n) is 7.05. The van der Waals surface area contributed by atoms with Crippen molar-refractivity contribution in [1.82, 2.24) is 4.90 Å². The van der Waals surface area contributed by atoms with Crippen LogP contribution in [0.2, 0.25) is 0 Å². The molecule has 0 saturated carbocycles. The number of nitrogens with zero attached hydrogens (tertiary/aromatic N) is 1. The van der Waals surface area contributed by atoms with Crippen LogP contribution in [-0.2, 0) is 9.84 Å². The first-order chi connectivity index (χ1) is 11.1. The van der Waals surface area contributed by atoms with Crippen LogP contribution < -0.4 is 0 Å². The van der Waals surface area contributed by atoms with Crippen molar-refractivity contribution in [3.8, 4) is 0 Å². The summed E-state index contributed by atoms with van der Waals surface area (Å²) in [6.45, 7) is 8.64. The molecule has 5 heteroatoms. The first-order valence-corrected chi connectivity index (χ1v) is 10.5. The molecule has 0 radical (unpaired) electrons. The van der Waals surface area contributed by atoms with Crippen LogP contribution >= 0.6 is 15.9 Å². The summed E-state index contributed by atoms with van der Waals surface area (Å²) in [5.74, 6) is 0. The maximum absolute atomic E-state index is 13.0. The van der Waals surface area contributed by atoms with E-state index in [2.05, 4.69) is 55.6 Å². The SMILES string of the molecule is CCC(C)N(C)C1=CC(S(=O)(=O)c2ccc(Br)cc2)=CCC1(C)C. The molecule has 1 aromatic rings. The normalized spacial score (nSPS) is 18.6. The molecular weight excluding hydrogens is 386 g/mol. The van der Waals surface area contributed by atoms with Gasteiger partial charge in [0, 0.05) is 28.7 Å². The van der Waals surface area contributed by atoms with E-state index in [0.29, 0.717) is 22.3 Å². The Balaban J connectivity index is 2.46. The predicted molar refractivity (Wildman–Crippen MR) is 103 cm³/mol. The largest absolute Gasteiger partial charge is 0.375 e. The van der Waals surface area contributed by atoms with Crippen LogP contribution in [0.25, 0.3) is 0 Å². The summed E-state index contributed by atoms with van der Waals surface area (Å²) in [5, 5.41) is 0. The molecule has 0 N–H and O–H groups in total. The van der Waals surface area contributed by atoms with Gasteiger partial charge in [0.15, 0.2) is 0 Å². The molecule has 0 spiro atoms. The standard InChI is InChI=1S/C19H26BrNO2S/c1-6-14(2)21(5)18-13-17(11-12-19(18,3)4)24(22,23)16-9-7-15(20)8-10-16/h7-11,13-14H,6,12H2,1-5H3. The highest BCUT2D eigenvalue weighted by molar-refractivity contribution is 9.10. The minimum atomic E-state index is -3.49. The maximum Gasteiger partial charge on any atom is 0.206 e. The van der Waals surface area contributed by atoms with E-state index in [4.69, 9.17) is 0 Å². The third-order valence-corrected chi connectivity index (χ3v) is 7.18. The Morgan fingerprint density at radius 3 is 2.38 bits per heavy atom. The van der Waals surface area contributed by atoms with Crippen LogP contribution in [0, 0.1) is 5.41 Å². The Bertz CT molecular complexity index is 761. The maximum atomic E-state index is 13.0. The molecule has 2 rings (SSSR count). The molecule has 1 unspecified atom stereocenters. The van der Waals surface area contributed by atoms with Gasteiger partial charge < -0.3 is 4.90 Å². The molecule has 0 amide bonds. The molecule has 1 aromatic carbocycles. The van der Waals surface area contributed by atoms with E-state index in [-0.39, 0.29) is 5.41 Å². The number of rotatable bonds is 5. The van der Waals surface area contributed by atoms with Crippen LogP contribution in [0.5, 0.6) is 0 Å². The van der Waals surface area contributed by atoms with Gasteiger partial charge in [-0.25, -0.2) is 8.42 Å². The lowest BCUT2D eigenvalue weighted by atomic mass is 9.81. The summed E-state index contributed by atoms with van der Waals surface area (Å²) in [4.78, 5) is 2.94. The highest BCUT2D eigenvalue weighted by Gasteiger charge is 2.33. The second-order valence-corrected chi connectivity index (χ2v) is 9.91. The third kappa shape index (κ3) is 3.77.